The molecule has 28 heavy (non-hydrogen) atoms. The van der Waals surface area contributed by atoms with Gasteiger partial charge in [-0.3, -0.25) is 14.4 Å². The molecule has 6 heteroatoms. The van der Waals surface area contributed by atoms with Crippen molar-refractivity contribution < 1.29 is 14.4 Å². The quantitative estimate of drug-likeness (QED) is 0.804. The maximum absolute atomic E-state index is 13.0. The minimum atomic E-state index is -0.546. The van der Waals surface area contributed by atoms with Crippen LogP contribution in [-0.4, -0.2) is 28.7 Å². The van der Waals surface area contributed by atoms with Crippen LogP contribution in [0.4, 0.5) is 11.4 Å². The summed E-state index contributed by atoms with van der Waals surface area (Å²) in [5.41, 5.74) is 2.91. The molecule has 0 unspecified atom stereocenters. The lowest BCUT2D eigenvalue weighted by molar-refractivity contribution is -0.121. The van der Waals surface area contributed by atoms with Gasteiger partial charge in [0.25, 0.3) is 5.91 Å². The zero-order chi connectivity index (χ0) is 20.3. The Morgan fingerprint density at radius 1 is 1.00 bits per heavy atom. The number of nitrogens with one attached hydrogen (secondary N) is 2. The molecule has 0 saturated carbocycles. The van der Waals surface area contributed by atoms with E-state index in [-0.39, 0.29) is 23.6 Å². The second kappa shape index (κ2) is 8.25. The molecule has 2 aromatic carbocycles. The van der Waals surface area contributed by atoms with Crippen molar-refractivity contribution in [2.45, 2.75) is 39.8 Å². The minimum Gasteiger partial charge on any atom is -0.326 e. The van der Waals surface area contributed by atoms with Crippen molar-refractivity contribution in [3.63, 3.8) is 0 Å². The maximum atomic E-state index is 13.0. The van der Waals surface area contributed by atoms with Crippen molar-refractivity contribution in [2.75, 3.05) is 10.6 Å². The Hall–Kier alpha value is -3.15. The van der Waals surface area contributed by atoms with Gasteiger partial charge in [0.15, 0.2) is 0 Å². The summed E-state index contributed by atoms with van der Waals surface area (Å²) in [6, 6.07) is 13.9. The van der Waals surface area contributed by atoms with Crippen LogP contribution < -0.4 is 10.6 Å². The van der Waals surface area contributed by atoms with Crippen molar-refractivity contribution in [1.82, 2.24) is 4.90 Å². The highest BCUT2D eigenvalue weighted by Gasteiger charge is 2.36. The first-order chi connectivity index (χ1) is 13.3. The fourth-order valence-electron chi connectivity index (χ4n) is 3.42. The van der Waals surface area contributed by atoms with Crippen LogP contribution in [0.2, 0.25) is 0 Å². The normalized spacial score (nSPS) is 14.0. The van der Waals surface area contributed by atoms with E-state index in [9.17, 15) is 14.4 Å². The van der Waals surface area contributed by atoms with Gasteiger partial charge in [0.05, 0.1) is 0 Å². The van der Waals surface area contributed by atoms with Gasteiger partial charge >= 0.3 is 0 Å². The third-order valence-electron chi connectivity index (χ3n) is 4.70. The zero-order valence-electron chi connectivity index (χ0n) is 16.4. The van der Waals surface area contributed by atoms with E-state index in [1.165, 1.54) is 6.92 Å². The summed E-state index contributed by atoms with van der Waals surface area (Å²) >= 11 is 0. The average Bonchev–Trinajstić information content (AvgIpc) is 2.97. The number of hydrogen-bond donors (Lipinski definition) is 2. The molecule has 1 atom stereocenters. The van der Waals surface area contributed by atoms with Crippen LogP contribution in [0.5, 0.6) is 0 Å². The van der Waals surface area contributed by atoms with E-state index in [2.05, 4.69) is 10.6 Å². The molecule has 0 aromatic heterocycles. The summed E-state index contributed by atoms with van der Waals surface area (Å²) in [6.07, 6.45) is 0.579. The van der Waals surface area contributed by atoms with Crippen LogP contribution in [0, 0.1) is 5.92 Å². The van der Waals surface area contributed by atoms with Crippen molar-refractivity contribution in [1.29, 1.82) is 0 Å². The number of rotatable bonds is 6. The topological polar surface area (TPSA) is 78.5 Å². The van der Waals surface area contributed by atoms with Gasteiger partial charge in [0.1, 0.15) is 6.04 Å². The van der Waals surface area contributed by atoms with Crippen LogP contribution in [0.1, 0.15) is 43.1 Å². The van der Waals surface area contributed by atoms with Crippen LogP contribution in [-0.2, 0) is 16.1 Å². The number of fused-ring (bicyclic) bond motifs is 1. The Labute approximate surface area is 164 Å². The second-order valence-corrected chi connectivity index (χ2v) is 7.48. The maximum Gasteiger partial charge on any atom is 0.255 e. The molecule has 0 aliphatic carbocycles. The molecule has 0 fully saturated rings. The van der Waals surface area contributed by atoms with Crippen molar-refractivity contribution in [3.8, 4) is 0 Å². The number of anilines is 2. The molecule has 2 aromatic rings. The average molecular weight is 379 g/mol. The fraction of sp³-hybridized carbons (Fsp3) is 0.318. The largest absolute Gasteiger partial charge is 0.326 e. The molecule has 0 saturated heterocycles. The highest BCUT2D eigenvalue weighted by Crippen LogP contribution is 2.27. The van der Waals surface area contributed by atoms with Crippen LogP contribution >= 0.6 is 0 Å². The summed E-state index contributed by atoms with van der Waals surface area (Å²) in [6.45, 7) is 5.96. The monoisotopic (exact) mass is 379 g/mol. The second-order valence-electron chi connectivity index (χ2n) is 7.48. The predicted octanol–water partition coefficient (Wildman–Crippen LogP) is 3.65. The molecule has 0 bridgehead atoms. The first-order valence-electron chi connectivity index (χ1n) is 9.42. The predicted molar refractivity (Wildman–Crippen MR) is 109 cm³/mol. The van der Waals surface area contributed by atoms with Gasteiger partial charge in [-0.15, -0.1) is 0 Å². The van der Waals surface area contributed by atoms with E-state index in [1.54, 1.807) is 29.2 Å². The van der Waals surface area contributed by atoms with Crippen molar-refractivity contribution in [3.05, 3.63) is 59.7 Å². The third-order valence-corrected chi connectivity index (χ3v) is 4.70. The standard InChI is InChI=1S/C22H25N3O3/c1-14(2)12-20(25-13-16-6-4-5-7-19(16)22(25)28)21(27)24-18-10-8-17(9-11-18)23-15(3)26/h4-11,14,20H,12-13H2,1-3H3,(H,23,26)(H,24,27)/t20-/m0/s1. The third kappa shape index (κ3) is 4.39. The molecule has 1 heterocycles. The molecule has 1 aliphatic rings. The lowest BCUT2D eigenvalue weighted by atomic mass is 10.0. The van der Waals surface area contributed by atoms with E-state index in [0.717, 1.165) is 5.56 Å². The van der Waals surface area contributed by atoms with Gasteiger partial charge in [-0.2, -0.15) is 0 Å². The fourth-order valence-corrected chi connectivity index (χ4v) is 3.42. The SMILES string of the molecule is CC(=O)Nc1ccc(NC(=O)[C@H](CC(C)C)N2Cc3ccccc3C2=O)cc1. The van der Waals surface area contributed by atoms with Gasteiger partial charge < -0.3 is 15.5 Å². The molecule has 6 nitrogen and oxygen atoms in total. The van der Waals surface area contributed by atoms with Crippen molar-refractivity contribution >= 4 is 29.1 Å². The van der Waals surface area contributed by atoms with E-state index in [4.69, 9.17) is 0 Å². The molecule has 3 rings (SSSR count). The molecule has 2 N–H and O–H groups in total. The summed E-state index contributed by atoms with van der Waals surface area (Å²) < 4.78 is 0. The molecule has 3 amide bonds. The first kappa shape index (κ1) is 19.6. The van der Waals surface area contributed by atoms with E-state index in [0.29, 0.717) is 29.9 Å². The van der Waals surface area contributed by atoms with Gasteiger partial charge in [-0.05, 0) is 48.2 Å². The van der Waals surface area contributed by atoms with E-state index in [1.807, 2.05) is 38.1 Å². The summed E-state index contributed by atoms with van der Waals surface area (Å²) in [4.78, 5) is 38.6. The summed E-state index contributed by atoms with van der Waals surface area (Å²) in [5.74, 6) is -0.199. The number of carbonyl (C=O) groups is 3. The molecule has 0 radical (unpaired) electrons. The Morgan fingerprint density at radius 2 is 1.61 bits per heavy atom. The number of carbonyl (C=O) groups excluding carboxylic acids is 3. The summed E-state index contributed by atoms with van der Waals surface area (Å²) in [7, 11) is 0. The Morgan fingerprint density at radius 3 is 2.18 bits per heavy atom. The van der Waals surface area contributed by atoms with Gasteiger partial charge in [-0.1, -0.05) is 32.0 Å². The number of benzene rings is 2. The smallest absolute Gasteiger partial charge is 0.255 e. The Balaban J connectivity index is 1.76. The van der Waals surface area contributed by atoms with Crippen molar-refractivity contribution in [2.24, 2.45) is 5.92 Å². The number of hydrogen-bond acceptors (Lipinski definition) is 3. The van der Waals surface area contributed by atoms with Gasteiger partial charge in [-0.25, -0.2) is 0 Å². The molecule has 146 valence electrons. The van der Waals surface area contributed by atoms with E-state index < -0.39 is 6.04 Å². The summed E-state index contributed by atoms with van der Waals surface area (Å²) in [5, 5.41) is 5.60. The molecular formula is C22H25N3O3. The van der Waals surface area contributed by atoms with Crippen LogP contribution in [0.3, 0.4) is 0 Å². The highest BCUT2D eigenvalue weighted by molar-refractivity contribution is 6.03. The lowest BCUT2D eigenvalue weighted by Crippen LogP contribution is -2.45. The molecule has 0 spiro atoms. The Bertz CT molecular complexity index is 890. The molecular weight excluding hydrogens is 354 g/mol. The van der Waals surface area contributed by atoms with Gasteiger partial charge in [0.2, 0.25) is 11.8 Å². The van der Waals surface area contributed by atoms with Crippen LogP contribution in [0.25, 0.3) is 0 Å². The lowest BCUT2D eigenvalue weighted by Gasteiger charge is -2.28. The van der Waals surface area contributed by atoms with E-state index >= 15 is 0 Å². The number of amides is 3. The Kier molecular flexibility index (Phi) is 5.78. The highest BCUT2D eigenvalue weighted by atomic mass is 16.2. The first-order valence-corrected chi connectivity index (χ1v) is 9.42. The van der Waals surface area contributed by atoms with Gasteiger partial charge in [0, 0.05) is 30.4 Å². The zero-order valence-corrected chi connectivity index (χ0v) is 16.4. The van der Waals surface area contributed by atoms with Crippen LogP contribution in [0.15, 0.2) is 48.5 Å². The number of nitrogens with zero attached hydrogens (tertiary/aromatic N) is 1. The molecule has 1 aliphatic heterocycles. The minimum absolute atomic E-state index is 0.0996.